The molecule has 3 aromatic carbocycles. The summed E-state index contributed by atoms with van der Waals surface area (Å²) in [6.45, 7) is 2.02. The minimum atomic E-state index is -0.193. The summed E-state index contributed by atoms with van der Waals surface area (Å²) in [5.41, 5.74) is 4.07. The Bertz CT molecular complexity index is 1240. The minimum Gasteiger partial charge on any atom is -0.497 e. The first-order valence-electron chi connectivity index (χ1n) is 9.83. The molecule has 2 N–H and O–H groups in total. The number of fused-ring (bicyclic) bond motifs is 1. The Labute approximate surface area is 180 Å². The second-order valence-corrected chi connectivity index (χ2v) is 7.10. The molecule has 0 spiro atoms. The molecule has 0 aliphatic carbocycles. The third-order valence-electron chi connectivity index (χ3n) is 4.97. The molecule has 0 saturated heterocycles. The lowest BCUT2D eigenvalue weighted by Gasteiger charge is -2.12. The number of pyridine rings is 1. The highest BCUT2D eigenvalue weighted by Crippen LogP contribution is 2.26. The number of carbonyl (C=O) groups excluding carboxylic acids is 1. The lowest BCUT2D eigenvalue weighted by atomic mass is 10.1. The number of aromatic nitrogens is 1. The third kappa shape index (κ3) is 4.59. The largest absolute Gasteiger partial charge is 0.497 e. The summed E-state index contributed by atoms with van der Waals surface area (Å²) >= 11 is 0. The van der Waals surface area contributed by atoms with E-state index in [1.54, 1.807) is 38.5 Å². The number of ether oxygens (including phenoxy) is 2. The van der Waals surface area contributed by atoms with E-state index in [2.05, 4.69) is 10.6 Å². The second kappa shape index (κ2) is 8.75. The first kappa shape index (κ1) is 20.2. The average molecular weight is 413 g/mol. The molecule has 1 heterocycles. The van der Waals surface area contributed by atoms with Gasteiger partial charge in [0, 0.05) is 22.3 Å². The quantitative estimate of drug-likeness (QED) is 0.433. The number of hydrogen-bond donors (Lipinski definition) is 2. The summed E-state index contributed by atoms with van der Waals surface area (Å²) in [4.78, 5) is 17.3. The van der Waals surface area contributed by atoms with Gasteiger partial charge >= 0.3 is 0 Å². The molecule has 4 aromatic rings. The highest BCUT2D eigenvalue weighted by atomic mass is 16.5. The lowest BCUT2D eigenvalue weighted by Crippen LogP contribution is -2.11. The number of benzene rings is 3. The van der Waals surface area contributed by atoms with Crippen molar-refractivity contribution in [2.45, 2.75) is 6.92 Å². The van der Waals surface area contributed by atoms with E-state index >= 15 is 0 Å². The molecule has 0 saturated carbocycles. The molecule has 156 valence electrons. The standard InChI is InChI=1S/C25H23N3O3/c1-16-13-24(26-18-7-10-20(30-2)11-8-18)28-23-12-9-19(15-22(16)23)27-25(29)17-5-4-6-21(14-17)31-3/h4-15H,1-3H3,(H,26,28)(H,27,29). The van der Waals surface area contributed by atoms with Crippen LogP contribution in [-0.2, 0) is 0 Å². The second-order valence-electron chi connectivity index (χ2n) is 7.10. The van der Waals surface area contributed by atoms with Gasteiger partial charge in [-0.15, -0.1) is 0 Å². The zero-order valence-corrected chi connectivity index (χ0v) is 17.6. The Balaban J connectivity index is 1.55. The minimum absolute atomic E-state index is 0.193. The van der Waals surface area contributed by atoms with Crippen LogP contribution in [0.5, 0.6) is 11.5 Å². The van der Waals surface area contributed by atoms with Gasteiger partial charge in [-0.3, -0.25) is 4.79 Å². The number of hydrogen-bond acceptors (Lipinski definition) is 5. The molecular weight excluding hydrogens is 390 g/mol. The number of amides is 1. The number of carbonyl (C=O) groups is 1. The van der Waals surface area contributed by atoms with Crippen LogP contribution < -0.4 is 20.1 Å². The van der Waals surface area contributed by atoms with Gasteiger partial charge < -0.3 is 20.1 Å². The molecular formula is C25H23N3O3. The van der Waals surface area contributed by atoms with Crippen LogP contribution in [0, 0.1) is 6.92 Å². The predicted molar refractivity (Wildman–Crippen MR) is 124 cm³/mol. The third-order valence-corrected chi connectivity index (χ3v) is 4.97. The van der Waals surface area contributed by atoms with Gasteiger partial charge in [0.2, 0.25) is 0 Å². The molecule has 0 unspecified atom stereocenters. The molecule has 0 fully saturated rings. The Morgan fingerprint density at radius 2 is 1.58 bits per heavy atom. The highest BCUT2D eigenvalue weighted by Gasteiger charge is 2.10. The summed E-state index contributed by atoms with van der Waals surface area (Å²) < 4.78 is 10.4. The molecule has 0 atom stereocenters. The zero-order chi connectivity index (χ0) is 21.8. The Hall–Kier alpha value is -4.06. The van der Waals surface area contributed by atoms with Crippen LogP contribution >= 0.6 is 0 Å². The molecule has 0 aliphatic rings. The molecule has 0 radical (unpaired) electrons. The van der Waals surface area contributed by atoms with E-state index in [1.165, 1.54) is 0 Å². The smallest absolute Gasteiger partial charge is 0.255 e. The maximum absolute atomic E-state index is 12.6. The van der Waals surface area contributed by atoms with Crippen molar-refractivity contribution in [1.29, 1.82) is 0 Å². The van der Waals surface area contributed by atoms with Gasteiger partial charge in [-0.2, -0.15) is 0 Å². The van der Waals surface area contributed by atoms with Crippen LogP contribution in [0.4, 0.5) is 17.2 Å². The Morgan fingerprint density at radius 1 is 0.839 bits per heavy atom. The molecule has 1 aromatic heterocycles. The van der Waals surface area contributed by atoms with E-state index in [0.717, 1.165) is 33.7 Å². The van der Waals surface area contributed by atoms with E-state index in [0.29, 0.717) is 17.0 Å². The Kier molecular flexibility index (Phi) is 5.71. The fourth-order valence-electron chi connectivity index (χ4n) is 3.33. The fraction of sp³-hybridized carbons (Fsp3) is 0.120. The van der Waals surface area contributed by atoms with Crippen molar-refractivity contribution in [3.8, 4) is 11.5 Å². The van der Waals surface area contributed by atoms with E-state index in [4.69, 9.17) is 14.5 Å². The number of aryl methyl sites for hydroxylation is 1. The molecule has 6 nitrogen and oxygen atoms in total. The number of nitrogens with one attached hydrogen (secondary N) is 2. The monoisotopic (exact) mass is 413 g/mol. The van der Waals surface area contributed by atoms with Crippen molar-refractivity contribution >= 4 is 34.0 Å². The van der Waals surface area contributed by atoms with E-state index in [-0.39, 0.29) is 5.91 Å². The van der Waals surface area contributed by atoms with Gasteiger partial charge in [0.25, 0.3) is 5.91 Å². The first-order valence-corrected chi connectivity index (χ1v) is 9.83. The highest BCUT2D eigenvalue weighted by molar-refractivity contribution is 6.05. The summed E-state index contributed by atoms with van der Waals surface area (Å²) in [5, 5.41) is 7.24. The maximum Gasteiger partial charge on any atom is 0.255 e. The summed E-state index contributed by atoms with van der Waals surface area (Å²) in [5.74, 6) is 2.00. The van der Waals surface area contributed by atoms with Crippen LogP contribution in [0.2, 0.25) is 0 Å². The van der Waals surface area contributed by atoms with Crippen molar-refractivity contribution in [3.05, 3.63) is 83.9 Å². The first-order chi connectivity index (χ1) is 15.1. The van der Waals surface area contributed by atoms with Crippen molar-refractivity contribution in [2.24, 2.45) is 0 Å². The number of nitrogens with zero attached hydrogens (tertiary/aromatic N) is 1. The van der Waals surface area contributed by atoms with E-state index < -0.39 is 0 Å². The fourth-order valence-corrected chi connectivity index (χ4v) is 3.33. The van der Waals surface area contributed by atoms with Crippen LogP contribution in [-0.4, -0.2) is 25.1 Å². The number of anilines is 3. The van der Waals surface area contributed by atoms with E-state index in [9.17, 15) is 4.79 Å². The van der Waals surface area contributed by atoms with E-state index in [1.807, 2.05) is 55.5 Å². The van der Waals surface area contributed by atoms with Crippen molar-refractivity contribution in [3.63, 3.8) is 0 Å². The average Bonchev–Trinajstić information content (AvgIpc) is 2.80. The van der Waals surface area contributed by atoms with Gasteiger partial charge in [-0.05, 0) is 79.2 Å². The van der Waals surface area contributed by atoms with Gasteiger partial charge in [-0.25, -0.2) is 4.98 Å². The predicted octanol–water partition coefficient (Wildman–Crippen LogP) is 5.56. The van der Waals surface area contributed by atoms with Gasteiger partial charge in [-0.1, -0.05) is 6.07 Å². The SMILES string of the molecule is COc1ccc(Nc2cc(C)c3cc(NC(=O)c4cccc(OC)c4)ccc3n2)cc1. The molecule has 0 aliphatic heterocycles. The molecule has 6 heteroatoms. The van der Waals surface area contributed by atoms with Crippen molar-refractivity contribution < 1.29 is 14.3 Å². The summed E-state index contributed by atoms with van der Waals surface area (Å²) in [7, 11) is 3.22. The zero-order valence-electron chi connectivity index (χ0n) is 17.6. The van der Waals surface area contributed by atoms with Crippen LogP contribution in [0.3, 0.4) is 0 Å². The molecule has 4 rings (SSSR count). The number of methoxy groups -OCH3 is 2. The van der Waals surface area contributed by atoms with Crippen LogP contribution in [0.1, 0.15) is 15.9 Å². The van der Waals surface area contributed by atoms with Crippen LogP contribution in [0.25, 0.3) is 10.9 Å². The van der Waals surface area contributed by atoms with Gasteiger partial charge in [0.15, 0.2) is 0 Å². The topological polar surface area (TPSA) is 72.5 Å². The number of rotatable bonds is 6. The molecule has 31 heavy (non-hydrogen) atoms. The van der Waals surface area contributed by atoms with Crippen LogP contribution in [0.15, 0.2) is 72.8 Å². The molecule has 1 amide bonds. The molecule has 0 bridgehead atoms. The summed E-state index contributed by atoms with van der Waals surface area (Å²) in [6, 6.07) is 22.4. The van der Waals surface area contributed by atoms with Crippen molar-refractivity contribution in [2.75, 3.05) is 24.9 Å². The Morgan fingerprint density at radius 3 is 2.32 bits per heavy atom. The van der Waals surface area contributed by atoms with Gasteiger partial charge in [0.1, 0.15) is 17.3 Å². The lowest BCUT2D eigenvalue weighted by molar-refractivity contribution is 0.102. The normalized spacial score (nSPS) is 10.5. The van der Waals surface area contributed by atoms with Gasteiger partial charge in [0.05, 0.1) is 19.7 Å². The maximum atomic E-state index is 12.6. The van der Waals surface area contributed by atoms with Crippen molar-refractivity contribution in [1.82, 2.24) is 4.98 Å². The summed E-state index contributed by atoms with van der Waals surface area (Å²) in [6.07, 6.45) is 0.